The maximum absolute atomic E-state index is 11.2. The summed E-state index contributed by atoms with van der Waals surface area (Å²) in [7, 11) is 0. The van der Waals surface area contributed by atoms with Crippen molar-refractivity contribution in [3.63, 3.8) is 0 Å². The zero-order chi connectivity index (χ0) is 13.6. The van der Waals surface area contributed by atoms with Crippen LogP contribution in [0.5, 0.6) is 11.5 Å². The van der Waals surface area contributed by atoms with E-state index in [2.05, 4.69) is 0 Å². The Kier molecular flexibility index (Phi) is 2.81. The van der Waals surface area contributed by atoms with E-state index in [9.17, 15) is 9.59 Å². The van der Waals surface area contributed by atoms with Crippen molar-refractivity contribution in [2.75, 3.05) is 0 Å². The smallest absolute Gasteiger partial charge is 0.308 e. The fourth-order valence-corrected chi connectivity index (χ4v) is 3.43. The van der Waals surface area contributed by atoms with Gasteiger partial charge in [-0.3, -0.25) is 9.59 Å². The molecule has 2 aliphatic carbocycles. The molecule has 2 bridgehead atoms. The Morgan fingerprint density at radius 2 is 1.37 bits per heavy atom. The van der Waals surface area contributed by atoms with Crippen LogP contribution >= 0.6 is 0 Å². The Morgan fingerprint density at radius 1 is 0.947 bits per heavy atom. The highest BCUT2D eigenvalue weighted by Crippen LogP contribution is 2.58. The lowest BCUT2D eigenvalue weighted by molar-refractivity contribution is -0.133. The highest BCUT2D eigenvalue weighted by molar-refractivity contribution is 5.73. The molecule has 19 heavy (non-hydrogen) atoms. The normalized spacial score (nSPS) is 23.1. The maximum Gasteiger partial charge on any atom is 0.308 e. The largest absolute Gasteiger partial charge is 0.426 e. The van der Waals surface area contributed by atoms with Gasteiger partial charge in [-0.25, -0.2) is 0 Å². The van der Waals surface area contributed by atoms with Gasteiger partial charge in [-0.05, 0) is 43.2 Å². The van der Waals surface area contributed by atoms with Crippen LogP contribution in [-0.2, 0) is 9.59 Å². The van der Waals surface area contributed by atoms with Crippen LogP contribution in [0.3, 0.4) is 0 Å². The van der Waals surface area contributed by atoms with Gasteiger partial charge in [0.15, 0.2) is 0 Å². The molecule has 0 radical (unpaired) electrons. The monoisotopic (exact) mass is 260 g/mol. The number of hydrogen-bond acceptors (Lipinski definition) is 4. The van der Waals surface area contributed by atoms with Gasteiger partial charge in [-0.2, -0.15) is 0 Å². The minimum atomic E-state index is -0.315. The molecule has 2 atom stereocenters. The second-order valence-electron chi connectivity index (χ2n) is 5.28. The van der Waals surface area contributed by atoms with Gasteiger partial charge in [-0.15, -0.1) is 0 Å². The van der Waals surface area contributed by atoms with E-state index < -0.39 is 0 Å². The molecule has 4 nitrogen and oxygen atoms in total. The highest BCUT2D eigenvalue weighted by Gasteiger charge is 2.41. The van der Waals surface area contributed by atoms with E-state index in [4.69, 9.17) is 9.47 Å². The molecule has 0 aliphatic heterocycles. The molecule has 2 unspecified atom stereocenters. The molecule has 100 valence electrons. The van der Waals surface area contributed by atoms with Gasteiger partial charge in [-0.1, -0.05) is 0 Å². The lowest BCUT2D eigenvalue weighted by Gasteiger charge is -2.20. The molecule has 0 aromatic heterocycles. The predicted octanol–water partition coefficient (Wildman–Crippen LogP) is 2.90. The molecule has 0 saturated heterocycles. The quantitative estimate of drug-likeness (QED) is 0.606. The molecule has 1 fully saturated rings. The zero-order valence-electron chi connectivity index (χ0n) is 11.1. The van der Waals surface area contributed by atoms with Gasteiger partial charge in [0.2, 0.25) is 0 Å². The number of rotatable bonds is 2. The van der Waals surface area contributed by atoms with E-state index in [1.807, 2.05) is 0 Å². The van der Waals surface area contributed by atoms with Crippen LogP contribution in [-0.4, -0.2) is 11.9 Å². The summed E-state index contributed by atoms with van der Waals surface area (Å²) in [6.45, 7) is 2.80. The van der Waals surface area contributed by atoms with Crippen LogP contribution in [0.4, 0.5) is 0 Å². The van der Waals surface area contributed by atoms with Crippen molar-refractivity contribution in [1.82, 2.24) is 0 Å². The van der Waals surface area contributed by atoms with Crippen LogP contribution in [0.2, 0.25) is 0 Å². The Balaban J connectivity index is 2.08. The maximum atomic E-state index is 11.2. The van der Waals surface area contributed by atoms with E-state index in [-0.39, 0.29) is 11.9 Å². The van der Waals surface area contributed by atoms with E-state index >= 15 is 0 Å². The summed E-state index contributed by atoms with van der Waals surface area (Å²) in [5, 5.41) is 0. The molecule has 1 aromatic rings. The van der Waals surface area contributed by atoms with Gasteiger partial charge in [0.1, 0.15) is 11.5 Å². The molecule has 3 rings (SSSR count). The first-order chi connectivity index (χ1) is 9.06. The zero-order valence-corrected chi connectivity index (χ0v) is 11.1. The van der Waals surface area contributed by atoms with Crippen molar-refractivity contribution >= 4 is 11.9 Å². The van der Waals surface area contributed by atoms with Crippen LogP contribution in [0, 0.1) is 0 Å². The summed E-state index contributed by atoms with van der Waals surface area (Å²) in [5.41, 5.74) is 2.15. The van der Waals surface area contributed by atoms with Gasteiger partial charge < -0.3 is 9.47 Å². The van der Waals surface area contributed by atoms with Crippen LogP contribution in [0.15, 0.2) is 12.1 Å². The molecular formula is C15H16O4. The molecule has 4 heteroatoms. The first kappa shape index (κ1) is 12.2. The summed E-state index contributed by atoms with van der Waals surface area (Å²) in [5.74, 6) is 1.50. The van der Waals surface area contributed by atoms with Gasteiger partial charge in [0, 0.05) is 25.0 Å². The third-order valence-corrected chi connectivity index (χ3v) is 3.96. The van der Waals surface area contributed by atoms with Crippen molar-refractivity contribution in [2.24, 2.45) is 0 Å². The molecule has 0 amide bonds. The first-order valence-electron chi connectivity index (χ1n) is 6.60. The van der Waals surface area contributed by atoms with E-state index in [0.29, 0.717) is 23.3 Å². The number of fused-ring (bicyclic) bond motifs is 5. The second kappa shape index (κ2) is 4.37. The third-order valence-electron chi connectivity index (χ3n) is 3.96. The lowest BCUT2D eigenvalue weighted by atomic mass is 9.90. The number of hydrogen-bond donors (Lipinski definition) is 0. The van der Waals surface area contributed by atoms with E-state index in [0.717, 1.165) is 30.4 Å². The summed E-state index contributed by atoms with van der Waals surface area (Å²) in [4.78, 5) is 22.3. The van der Waals surface area contributed by atoms with Gasteiger partial charge in [0.25, 0.3) is 0 Å². The van der Waals surface area contributed by atoms with E-state index in [1.165, 1.54) is 13.8 Å². The number of esters is 2. The van der Waals surface area contributed by atoms with E-state index in [1.54, 1.807) is 12.1 Å². The Morgan fingerprint density at radius 3 is 1.74 bits per heavy atom. The third kappa shape index (κ3) is 2.01. The van der Waals surface area contributed by atoms with Crippen LogP contribution in [0.25, 0.3) is 0 Å². The second-order valence-corrected chi connectivity index (χ2v) is 5.28. The summed E-state index contributed by atoms with van der Waals surface area (Å²) in [6.07, 6.45) is 3.31. The first-order valence-corrected chi connectivity index (χ1v) is 6.60. The fourth-order valence-electron chi connectivity index (χ4n) is 3.43. The van der Waals surface area contributed by atoms with Crippen molar-refractivity contribution < 1.29 is 19.1 Å². The van der Waals surface area contributed by atoms with Crippen molar-refractivity contribution in [3.8, 4) is 11.5 Å². The topological polar surface area (TPSA) is 52.6 Å². The molecule has 0 heterocycles. The van der Waals surface area contributed by atoms with Crippen LogP contribution in [0.1, 0.15) is 56.1 Å². The number of carbonyl (C=O) groups is 2. The average Bonchev–Trinajstić information content (AvgIpc) is 2.91. The Hall–Kier alpha value is -1.84. The minimum absolute atomic E-state index is 0.315. The SMILES string of the molecule is CC(=O)Oc1ccc(OC(C)=O)c2c1C1CCC2C1. The summed E-state index contributed by atoms with van der Waals surface area (Å²) >= 11 is 0. The Bertz CT molecular complexity index is 513. The number of ether oxygens (including phenoxy) is 2. The summed E-state index contributed by atoms with van der Waals surface area (Å²) < 4.78 is 10.6. The van der Waals surface area contributed by atoms with Crippen molar-refractivity contribution in [2.45, 2.75) is 44.9 Å². The number of benzene rings is 1. The highest BCUT2D eigenvalue weighted by atomic mass is 16.5. The number of carbonyl (C=O) groups excluding carboxylic acids is 2. The molecule has 0 spiro atoms. The van der Waals surface area contributed by atoms with Gasteiger partial charge >= 0.3 is 11.9 Å². The fraction of sp³-hybridized carbons (Fsp3) is 0.467. The van der Waals surface area contributed by atoms with Crippen LogP contribution < -0.4 is 9.47 Å². The minimum Gasteiger partial charge on any atom is -0.426 e. The van der Waals surface area contributed by atoms with Gasteiger partial charge in [0.05, 0.1) is 0 Å². The standard InChI is InChI=1S/C15H16O4/c1-8(16)18-12-5-6-13(19-9(2)17)15-11-4-3-10(7-11)14(12)15/h5-6,10-11H,3-4,7H2,1-2H3. The lowest BCUT2D eigenvalue weighted by Crippen LogP contribution is -2.10. The van der Waals surface area contributed by atoms with Crippen molar-refractivity contribution in [3.05, 3.63) is 23.3 Å². The predicted molar refractivity (Wildman–Crippen MR) is 68.4 cm³/mol. The molecule has 1 saturated carbocycles. The summed E-state index contributed by atoms with van der Waals surface area (Å²) in [6, 6.07) is 3.47. The molecule has 0 N–H and O–H groups in total. The molecular weight excluding hydrogens is 244 g/mol. The van der Waals surface area contributed by atoms with Crippen molar-refractivity contribution in [1.29, 1.82) is 0 Å². The molecule has 2 aliphatic rings. The average molecular weight is 260 g/mol. The molecule has 1 aromatic carbocycles. The Labute approximate surface area is 111 Å².